The van der Waals surface area contributed by atoms with Crippen LogP contribution in [0.4, 0.5) is 5.69 Å². The Morgan fingerprint density at radius 2 is 1.56 bits per heavy atom. The highest BCUT2D eigenvalue weighted by Crippen LogP contribution is 2.25. The van der Waals surface area contributed by atoms with E-state index in [1.165, 1.54) is 5.56 Å². The molecule has 1 N–H and O–H groups in total. The van der Waals surface area contributed by atoms with Crippen molar-refractivity contribution in [2.75, 3.05) is 17.8 Å². The molecule has 1 amide bonds. The van der Waals surface area contributed by atoms with Crippen molar-refractivity contribution in [1.29, 1.82) is 0 Å². The number of hydrogen-bond donors (Lipinski definition) is 1. The Hall–Kier alpha value is -3.12. The van der Waals surface area contributed by atoms with Gasteiger partial charge in [0.1, 0.15) is 0 Å². The summed E-state index contributed by atoms with van der Waals surface area (Å²) in [5, 5.41) is 0. The third-order valence-electron chi connectivity index (χ3n) is 6.04. The lowest BCUT2D eigenvalue weighted by Gasteiger charge is -2.32. The molecule has 1 heterocycles. The number of aryl methyl sites for hydroxylation is 1. The van der Waals surface area contributed by atoms with E-state index in [0.717, 1.165) is 32.4 Å². The summed E-state index contributed by atoms with van der Waals surface area (Å²) in [5.41, 5.74) is 3.13. The van der Waals surface area contributed by atoms with Gasteiger partial charge in [0.25, 0.3) is 15.9 Å². The first-order chi connectivity index (χ1) is 15.4. The molecule has 4 rings (SSSR count). The molecule has 3 aromatic carbocycles. The van der Waals surface area contributed by atoms with E-state index in [-0.39, 0.29) is 10.8 Å². The third-order valence-corrected chi connectivity index (χ3v) is 7.42. The monoisotopic (exact) mass is 448 g/mol. The summed E-state index contributed by atoms with van der Waals surface area (Å²) in [6.07, 6.45) is 3.04. The number of hydrogen-bond acceptors (Lipinski definition) is 3. The van der Waals surface area contributed by atoms with Gasteiger partial charge in [0.2, 0.25) is 0 Å². The van der Waals surface area contributed by atoms with E-state index in [2.05, 4.69) is 29.0 Å². The minimum atomic E-state index is -3.67. The normalized spacial score (nSPS) is 14.8. The van der Waals surface area contributed by atoms with Crippen LogP contribution in [0.25, 0.3) is 0 Å². The molecule has 32 heavy (non-hydrogen) atoms. The number of benzene rings is 3. The molecule has 0 aromatic heterocycles. The molecule has 0 unspecified atom stereocenters. The Balaban J connectivity index is 1.38. The van der Waals surface area contributed by atoms with E-state index in [4.69, 9.17) is 0 Å². The van der Waals surface area contributed by atoms with Crippen LogP contribution < -0.4 is 4.72 Å². The number of rotatable bonds is 6. The van der Waals surface area contributed by atoms with E-state index in [0.29, 0.717) is 22.7 Å². The van der Waals surface area contributed by atoms with Gasteiger partial charge in [-0.2, -0.15) is 0 Å². The molecule has 1 fully saturated rings. The zero-order valence-corrected chi connectivity index (χ0v) is 19.0. The summed E-state index contributed by atoms with van der Waals surface area (Å²) in [6.45, 7) is 3.31. The molecule has 0 radical (unpaired) electrons. The molecule has 1 saturated heterocycles. The smallest absolute Gasteiger partial charge is 0.261 e. The molecule has 5 nitrogen and oxygen atoms in total. The van der Waals surface area contributed by atoms with Gasteiger partial charge in [0.15, 0.2) is 0 Å². The highest BCUT2D eigenvalue weighted by atomic mass is 32.2. The first-order valence-corrected chi connectivity index (χ1v) is 12.4. The average Bonchev–Trinajstić information content (AvgIpc) is 2.81. The van der Waals surface area contributed by atoms with Gasteiger partial charge in [-0.25, -0.2) is 8.42 Å². The Morgan fingerprint density at radius 1 is 0.938 bits per heavy atom. The van der Waals surface area contributed by atoms with Crippen LogP contribution in [0.2, 0.25) is 0 Å². The van der Waals surface area contributed by atoms with E-state index in [1.807, 2.05) is 17.9 Å². The number of anilines is 1. The molecule has 0 atom stereocenters. The fourth-order valence-electron chi connectivity index (χ4n) is 4.18. The lowest BCUT2D eigenvalue weighted by atomic mass is 9.90. The molecule has 3 aromatic rings. The van der Waals surface area contributed by atoms with Crippen LogP contribution in [0.5, 0.6) is 0 Å². The van der Waals surface area contributed by atoms with Crippen LogP contribution in [0, 0.1) is 12.8 Å². The Kier molecular flexibility index (Phi) is 6.61. The summed E-state index contributed by atoms with van der Waals surface area (Å²) in [6, 6.07) is 23.9. The summed E-state index contributed by atoms with van der Waals surface area (Å²) in [4.78, 5) is 15.1. The second-order valence-corrected chi connectivity index (χ2v) is 10.1. The second-order valence-electron chi connectivity index (χ2n) is 8.37. The SMILES string of the molecule is Cc1cc(C(=O)N2CCC(Cc3ccccc3)CC2)ccc1NS(=O)(=O)c1ccccc1. The van der Waals surface area contributed by atoms with E-state index in [1.54, 1.807) is 48.5 Å². The van der Waals surface area contributed by atoms with E-state index >= 15 is 0 Å². The maximum Gasteiger partial charge on any atom is 0.261 e. The van der Waals surface area contributed by atoms with E-state index < -0.39 is 10.0 Å². The first-order valence-electron chi connectivity index (χ1n) is 10.9. The number of nitrogens with zero attached hydrogens (tertiary/aromatic N) is 1. The molecule has 0 bridgehead atoms. The van der Waals surface area contributed by atoms with Crippen molar-refractivity contribution in [1.82, 2.24) is 4.90 Å². The number of piperidine rings is 1. The van der Waals surface area contributed by atoms with Crippen molar-refractivity contribution in [3.8, 4) is 0 Å². The van der Waals surface area contributed by atoms with Gasteiger partial charge < -0.3 is 4.90 Å². The fraction of sp³-hybridized carbons (Fsp3) is 0.269. The zero-order chi connectivity index (χ0) is 22.6. The minimum absolute atomic E-state index is 0.00345. The van der Waals surface area contributed by atoms with Crippen LogP contribution in [0.3, 0.4) is 0 Å². The highest BCUT2D eigenvalue weighted by molar-refractivity contribution is 7.92. The van der Waals surface area contributed by atoms with Crippen molar-refractivity contribution in [2.45, 2.75) is 31.1 Å². The molecule has 1 aliphatic heterocycles. The first kappa shape index (κ1) is 22.1. The summed E-state index contributed by atoms with van der Waals surface area (Å²) >= 11 is 0. The maximum atomic E-state index is 13.0. The molecular weight excluding hydrogens is 420 g/mol. The lowest BCUT2D eigenvalue weighted by molar-refractivity contribution is 0.0690. The third kappa shape index (κ3) is 5.19. The van der Waals surface area contributed by atoms with Crippen molar-refractivity contribution in [3.63, 3.8) is 0 Å². The quantitative estimate of drug-likeness (QED) is 0.584. The van der Waals surface area contributed by atoms with Crippen molar-refractivity contribution >= 4 is 21.6 Å². The number of likely N-dealkylation sites (tertiary alicyclic amines) is 1. The topological polar surface area (TPSA) is 66.5 Å². The number of amides is 1. The van der Waals surface area contributed by atoms with Crippen molar-refractivity contribution in [3.05, 3.63) is 95.6 Å². The molecular formula is C26H28N2O3S. The van der Waals surface area contributed by atoms with Gasteiger partial charge in [0, 0.05) is 18.7 Å². The Morgan fingerprint density at radius 3 is 2.19 bits per heavy atom. The Bertz CT molecular complexity index is 1170. The van der Waals surface area contributed by atoms with Gasteiger partial charge in [-0.1, -0.05) is 48.5 Å². The van der Waals surface area contributed by atoms with Gasteiger partial charge in [0.05, 0.1) is 10.6 Å². The van der Waals surface area contributed by atoms with Crippen LogP contribution in [-0.2, 0) is 16.4 Å². The summed E-state index contributed by atoms with van der Waals surface area (Å²) < 4.78 is 27.8. The van der Waals surface area contributed by atoms with Crippen LogP contribution in [0.1, 0.15) is 34.3 Å². The maximum absolute atomic E-state index is 13.0. The molecule has 0 aliphatic carbocycles. The Labute approximate surface area is 190 Å². The zero-order valence-electron chi connectivity index (χ0n) is 18.2. The number of nitrogens with one attached hydrogen (secondary N) is 1. The molecule has 166 valence electrons. The standard InChI is InChI=1S/C26H28N2O3S/c1-20-18-23(12-13-25(20)27-32(30,31)24-10-6-3-7-11-24)26(29)28-16-14-22(15-17-28)19-21-8-4-2-5-9-21/h2-13,18,22,27H,14-17,19H2,1H3. The number of carbonyl (C=O) groups excluding carboxylic acids is 1. The van der Waals surface area contributed by atoms with Crippen LogP contribution in [-0.4, -0.2) is 32.3 Å². The summed E-state index contributed by atoms with van der Waals surface area (Å²) in [7, 11) is -3.67. The molecule has 0 saturated carbocycles. The van der Waals surface area contributed by atoms with Crippen LogP contribution >= 0.6 is 0 Å². The van der Waals surface area contributed by atoms with Gasteiger partial charge >= 0.3 is 0 Å². The molecule has 6 heteroatoms. The van der Waals surface area contributed by atoms with Crippen molar-refractivity contribution in [2.24, 2.45) is 5.92 Å². The predicted octanol–water partition coefficient (Wildman–Crippen LogP) is 4.89. The van der Waals surface area contributed by atoms with E-state index in [9.17, 15) is 13.2 Å². The summed E-state index contributed by atoms with van der Waals surface area (Å²) in [5.74, 6) is 0.599. The largest absolute Gasteiger partial charge is 0.339 e. The number of carbonyl (C=O) groups is 1. The average molecular weight is 449 g/mol. The fourth-order valence-corrected chi connectivity index (χ4v) is 5.34. The minimum Gasteiger partial charge on any atom is -0.339 e. The predicted molar refractivity (Wildman–Crippen MR) is 127 cm³/mol. The number of sulfonamides is 1. The van der Waals surface area contributed by atoms with Crippen molar-refractivity contribution < 1.29 is 13.2 Å². The second kappa shape index (κ2) is 9.57. The van der Waals surface area contributed by atoms with Gasteiger partial charge in [-0.05, 0) is 73.6 Å². The highest BCUT2D eigenvalue weighted by Gasteiger charge is 2.24. The molecule has 1 aliphatic rings. The molecule has 0 spiro atoms. The lowest BCUT2D eigenvalue weighted by Crippen LogP contribution is -2.39. The van der Waals surface area contributed by atoms with Gasteiger partial charge in [-0.15, -0.1) is 0 Å². The van der Waals surface area contributed by atoms with Gasteiger partial charge in [-0.3, -0.25) is 9.52 Å². The van der Waals surface area contributed by atoms with Crippen LogP contribution in [0.15, 0.2) is 83.8 Å².